The summed E-state index contributed by atoms with van der Waals surface area (Å²) in [5.41, 5.74) is -0.0760. The van der Waals surface area contributed by atoms with Crippen LogP contribution in [0.25, 0.3) is 0 Å². The molecule has 2 rings (SSSR count). The fourth-order valence-electron chi connectivity index (χ4n) is 4.98. The highest BCUT2D eigenvalue weighted by molar-refractivity contribution is 5.88. The third-order valence-corrected chi connectivity index (χ3v) is 5.85. The number of alkyl carbamates (subject to hydrolysis) is 1. The van der Waals surface area contributed by atoms with Crippen molar-refractivity contribution >= 4 is 29.7 Å². The minimum absolute atomic E-state index is 0.147. The molecule has 1 fully saturated rings. The van der Waals surface area contributed by atoms with Gasteiger partial charge in [0.25, 0.3) is 0 Å². The van der Waals surface area contributed by atoms with Gasteiger partial charge in [-0.3, -0.25) is 14.9 Å². The van der Waals surface area contributed by atoms with Crippen molar-refractivity contribution in [3.05, 3.63) is 28.0 Å². The number of nitrogens with one attached hydrogen (secondary N) is 4. The van der Waals surface area contributed by atoms with E-state index >= 15 is 0 Å². The number of Topliss-reactive ketones (excluding diaryl/α,β-unsaturated/α-hetero) is 1. The first-order valence-corrected chi connectivity index (χ1v) is 11.5. The second kappa shape index (κ2) is 11.4. The van der Waals surface area contributed by atoms with Crippen molar-refractivity contribution in [1.29, 1.82) is 0 Å². The molecule has 3 unspecified atom stereocenters. The van der Waals surface area contributed by atoms with Gasteiger partial charge in [-0.15, -0.1) is 0 Å². The van der Waals surface area contributed by atoms with Gasteiger partial charge >= 0.3 is 18.1 Å². The van der Waals surface area contributed by atoms with Gasteiger partial charge in [0.05, 0.1) is 13.5 Å². The number of aromatic nitrogens is 1. The van der Waals surface area contributed by atoms with Crippen molar-refractivity contribution in [2.45, 2.75) is 72.4 Å². The predicted molar refractivity (Wildman–Crippen MR) is 129 cm³/mol. The first-order chi connectivity index (χ1) is 16.2. The van der Waals surface area contributed by atoms with E-state index in [0.29, 0.717) is 30.9 Å². The average Bonchev–Trinajstić information content (AvgIpc) is 2.68. The Kier molecular flexibility index (Phi) is 9.06. The van der Waals surface area contributed by atoms with Crippen LogP contribution < -0.4 is 21.4 Å². The molecule has 11 heteroatoms. The molecular weight excluding hydrogens is 456 g/mol. The molecule has 0 radical (unpaired) electrons. The standard InChI is InChI=1S/C24H36N4O7/c1-14-7-17(30)9-19(26-14)28-21(32)25-13-24(5)11-16(10-23(3,4)12-24)27-22(33)35-18(8-15(2)29)20(31)34-6/h7,9,16,18H,8,10-13H2,1-6H3,(H,27,33)(H3,25,26,28,30,32). The highest BCUT2D eigenvalue weighted by Crippen LogP contribution is 2.45. The predicted octanol–water partition coefficient (Wildman–Crippen LogP) is 2.64. The molecule has 194 valence electrons. The quantitative estimate of drug-likeness (QED) is 0.407. The molecule has 3 amide bonds. The molecule has 1 aliphatic carbocycles. The van der Waals surface area contributed by atoms with Crippen LogP contribution in [0.4, 0.5) is 15.4 Å². The lowest BCUT2D eigenvalue weighted by Gasteiger charge is -2.46. The summed E-state index contributed by atoms with van der Waals surface area (Å²) in [6.07, 6.45) is -0.352. The smallest absolute Gasteiger partial charge is 0.408 e. The summed E-state index contributed by atoms with van der Waals surface area (Å²) >= 11 is 0. The van der Waals surface area contributed by atoms with Crippen LogP contribution in [0.2, 0.25) is 0 Å². The molecule has 0 saturated heterocycles. The van der Waals surface area contributed by atoms with E-state index in [-0.39, 0.29) is 34.5 Å². The zero-order valence-electron chi connectivity index (χ0n) is 21.2. The van der Waals surface area contributed by atoms with Crippen molar-refractivity contribution in [2.75, 3.05) is 19.0 Å². The summed E-state index contributed by atoms with van der Waals surface area (Å²) in [4.78, 5) is 62.8. The second-order valence-corrected chi connectivity index (χ2v) is 10.4. The molecule has 0 bridgehead atoms. The van der Waals surface area contributed by atoms with Gasteiger partial charge in [0, 0.05) is 30.4 Å². The largest absolute Gasteiger partial charge is 0.466 e. The fraction of sp³-hybridized carbons (Fsp3) is 0.625. The van der Waals surface area contributed by atoms with E-state index in [4.69, 9.17) is 4.74 Å². The molecular formula is C24H36N4O7. The number of aromatic amines is 1. The molecule has 35 heavy (non-hydrogen) atoms. The summed E-state index contributed by atoms with van der Waals surface area (Å²) in [7, 11) is 1.16. The number of hydrogen-bond acceptors (Lipinski definition) is 7. The van der Waals surface area contributed by atoms with Gasteiger partial charge in [-0.2, -0.15) is 0 Å². The van der Waals surface area contributed by atoms with Gasteiger partial charge in [0.1, 0.15) is 11.6 Å². The van der Waals surface area contributed by atoms with E-state index < -0.39 is 24.2 Å². The van der Waals surface area contributed by atoms with Crippen LogP contribution >= 0.6 is 0 Å². The number of urea groups is 1. The highest BCUT2D eigenvalue weighted by Gasteiger charge is 2.42. The Morgan fingerprint density at radius 1 is 1.17 bits per heavy atom. The van der Waals surface area contributed by atoms with E-state index in [9.17, 15) is 24.0 Å². The van der Waals surface area contributed by atoms with Crippen molar-refractivity contribution in [3.63, 3.8) is 0 Å². The van der Waals surface area contributed by atoms with Gasteiger partial charge < -0.3 is 25.1 Å². The summed E-state index contributed by atoms with van der Waals surface area (Å²) in [6, 6.07) is 2.01. The van der Waals surface area contributed by atoms with Crippen LogP contribution in [0.1, 0.15) is 59.1 Å². The zero-order valence-corrected chi connectivity index (χ0v) is 21.2. The van der Waals surface area contributed by atoms with Gasteiger partial charge in [0.2, 0.25) is 6.10 Å². The van der Waals surface area contributed by atoms with Crippen molar-refractivity contribution in [1.82, 2.24) is 15.6 Å². The molecule has 0 aliphatic heterocycles. The second-order valence-electron chi connectivity index (χ2n) is 10.4. The third kappa shape index (κ3) is 9.06. The topological polar surface area (TPSA) is 156 Å². The monoisotopic (exact) mass is 492 g/mol. The number of esters is 1. The Balaban J connectivity index is 1.99. The number of ether oxygens (including phenoxy) is 2. The van der Waals surface area contributed by atoms with E-state index in [2.05, 4.69) is 39.5 Å². The number of amides is 3. The lowest BCUT2D eigenvalue weighted by atomic mass is 9.62. The van der Waals surface area contributed by atoms with Crippen LogP contribution in [-0.2, 0) is 19.1 Å². The Bertz CT molecular complexity index is 1020. The summed E-state index contributed by atoms with van der Waals surface area (Å²) in [5, 5.41) is 8.29. The molecule has 1 aromatic heterocycles. The molecule has 1 saturated carbocycles. The molecule has 3 atom stereocenters. The Hall–Kier alpha value is -3.37. The summed E-state index contributed by atoms with van der Waals surface area (Å²) in [6.45, 7) is 9.54. The number of pyridine rings is 1. The third-order valence-electron chi connectivity index (χ3n) is 5.85. The lowest BCUT2D eigenvalue weighted by Crippen LogP contribution is -2.51. The Morgan fingerprint density at radius 3 is 2.46 bits per heavy atom. The molecule has 0 aromatic carbocycles. The van der Waals surface area contributed by atoms with Gasteiger partial charge in [-0.05, 0) is 43.9 Å². The maximum atomic E-state index is 12.5. The number of H-pyrrole nitrogens is 1. The molecule has 1 aromatic rings. The Labute approximate surface area is 204 Å². The Morgan fingerprint density at radius 2 is 1.86 bits per heavy atom. The summed E-state index contributed by atoms with van der Waals surface area (Å²) < 4.78 is 9.80. The van der Waals surface area contributed by atoms with E-state index in [1.165, 1.54) is 19.1 Å². The van der Waals surface area contributed by atoms with Gasteiger partial charge in [-0.25, -0.2) is 14.4 Å². The van der Waals surface area contributed by atoms with Crippen LogP contribution in [0, 0.1) is 17.8 Å². The molecule has 0 spiro atoms. The van der Waals surface area contributed by atoms with Gasteiger partial charge in [0.15, 0.2) is 5.43 Å². The number of ketones is 1. The van der Waals surface area contributed by atoms with Crippen molar-refractivity contribution in [3.8, 4) is 0 Å². The molecule has 4 N–H and O–H groups in total. The SMILES string of the molecule is COC(=O)C(CC(C)=O)OC(=O)NC1CC(C)(C)CC(C)(CNC(=O)Nc2cc(=O)cc(C)[nH]2)C1. The van der Waals surface area contributed by atoms with Crippen LogP contribution in [-0.4, -0.2) is 54.7 Å². The number of carbonyl (C=O) groups excluding carboxylic acids is 4. The fourth-order valence-corrected chi connectivity index (χ4v) is 4.98. The number of rotatable bonds is 8. The minimum Gasteiger partial charge on any atom is -0.466 e. The maximum Gasteiger partial charge on any atom is 0.408 e. The molecule has 1 aliphatic rings. The lowest BCUT2D eigenvalue weighted by molar-refractivity contribution is -0.152. The van der Waals surface area contributed by atoms with Gasteiger partial charge in [-0.1, -0.05) is 20.8 Å². The van der Waals surface area contributed by atoms with E-state index in [1.54, 1.807) is 6.92 Å². The van der Waals surface area contributed by atoms with Crippen LogP contribution in [0.5, 0.6) is 0 Å². The normalized spacial score (nSPS) is 21.8. The van der Waals surface area contributed by atoms with Crippen molar-refractivity contribution < 1.29 is 28.7 Å². The first kappa shape index (κ1) is 27.9. The molecule has 1 heterocycles. The average molecular weight is 493 g/mol. The maximum absolute atomic E-state index is 12.5. The first-order valence-electron chi connectivity index (χ1n) is 11.5. The number of aryl methyl sites for hydroxylation is 1. The van der Waals surface area contributed by atoms with Crippen LogP contribution in [0.15, 0.2) is 16.9 Å². The number of hydrogen-bond donors (Lipinski definition) is 4. The highest BCUT2D eigenvalue weighted by atomic mass is 16.6. The van der Waals surface area contributed by atoms with E-state index in [0.717, 1.165) is 13.5 Å². The minimum atomic E-state index is -1.31. The number of carbonyl (C=O) groups is 4. The van der Waals surface area contributed by atoms with Crippen LogP contribution in [0.3, 0.4) is 0 Å². The van der Waals surface area contributed by atoms with Crippen molar-refractivity contribution in [2.24, 2.45) is 10.8 Å². The summed E-state index contributed by atoms with van der Waals surface area (Å²) in [5.74, 6) is -0.803. The number of methoxy groups -OCH3 is 1. The number of anilines is 1. The zero-order chi connectivity index (χ0) is 26.4. The molecule has 11 nitrogen and oxygen atoms in total. The van der Waals surface area contributed by atoms with E-state index in [1.807, 2.05) is 6.92 Å².